The van der Waals surface area contributed by atoms with Gasteiger partial charge in [-0.1, -0.05) is 6.42 Å². The minimum absolute atomic E-state index is 0.106. The summed E-state index contributed by atoms with van der Waals surface area (Å²) in [6, 6.07) is 0. The minimum atomic E-state index is -0.812. The van der Waals surface area contributed by atoms with Crippen molar-refractivity contribution in [2.45, 2.75) is 44.4 Å². The first-order valence-electron chi connectivity index (χ1n) is 7.00. The zero-order valence-electron chi connectivity index (χ0n) is 11.2. The number of nitrogens with one attached hydrogen (secondary N) is 2. The van der Waals surface area contributed by atoms with Gasteiger partial charge in [0.15, 0.2) is 0 Å². The summed E-state index contributed by atoms with van der Waals surface area (Å²) < 4.78 is 0. The SMILES string of the molecule is O=C(O)CC1(CNC(=O)c2n[nH]c(C3CC3)n2)CCC1. The fourth-order valence-electron chi connectivity index (χ4n) is 2.68. The number of nitrogens with zero attached hydrogens (tertiary/aromatic N) is 2. The van der Waals surface area contributed by atoms with Gasteiger partial charge in [0.25, 0.3) is 5.91 Å². The summed E-state index contributed by atoms with van der Waals surface area (Å²) in [6.07, 6.45) is 5.02. The lowest BCUT2D eigenvalue weighted by Gasteiger charge is -2.40. The zero-order chi connectivity index (χ0) is 14.2. The van der Waals surface area contributed by atoms with E-state index in [0.29, 0.717) is 12.5 Å². The Kier molecular flexibility index (Phi) is 3.19. The molecule has 3 rings (SSSR count). The van der Waals surface area contributed by atoms with E-state index in [1.807, 2.05) is 0 Å². The van der Waals surface area contributed by atoms with Crippen LogP contribution in [0.4, 0.5) is 0 Å². The van der Waals surface area contributed by atoms with Gasteiger partial charge in [-0.05, 0) is 31.1 Å². The molecule has 7 heteroatoms. The summed E-state index contributed by atoms with van der Waals surface area (Å²) in [5.74, 6) is 0.211. The van der Waals surface area contributed by atoms with Crippen molar-refractivity contribution in [3.05, 3.63) is 11.6 Å². The molecule has 0 bridgehead atoms. The highest BCUT2D eigenvalue weighted by atomic mass is 16.4. The van der Waals surface area contributed by atoms with Gasteiger partial charge >= 0.3 is 5.97 Å². The lowest BCUT2D eigenvalue weighted by molar-refractivity contribution is -0.141. The first kappa shape index (κ1) is 13.1. The minimum Gasteiger partial charge on any atom is -0.481 e. The third kappa shape index (κ3) is 2.66. The van der Waals surface area contributed by atoms with Crippen LogP contribution in [0, 0.1) is 5.41 Å². The molecule has 0 spiro atoms. The number of H-pyrrole nitrogens is 1. The van der Waals surface area contributed by atoms with Crippen molar-refractivity contribution in [1.29, 1.82) is 0 Å². The van der Waals surface area contributed by atoms with Crippen molar-refractivity contribution in [1.82, 2.24) is 20.5 Å². The second-order valence-corrected chi connectivity index (χ2v) is 5.93. The lowest BCUT2D eigenvalue weighted by Crippen LogP contribution is -2.43. The zero-order valence-corrected chi connectivity index (χ0v) is 11.2. The molecule has 0 radical (unpaired) electrons. The number of rotatable bonds is 6. The second-order valence-electron chi connectivity index (χ2n) is 5.93. The van der Waals surface area contributed by atoms with E-state index >= 15 is 0 Å². The highest BCUT2D eigenvalue weighted by Crippen LogP contribution is 2.43. The van der Waals surface area contributed by atoms with Crippen LogP contribution >= 0.6 is 0 Å². The van der Waals surface area contributed by atoms with E-state index in [-0.39, 0.29) is 23.6 Å². The second kappa shape index (κ2) is 4.88. The Morgan fingerprint density at radius 1 is 1.40 bits per heavy atom. The first-order chi connectivity index (χ1) is 9.58. The lowest BCUT2D eigenvalue weighted by atomic mass is 9.66. The van der Waals surface area contributed by atoms with Crippen molar-refractivity contribution in [2.75, 3.05) is 6.54 Å². The summed E-state index contributed by atoms with van der Waals surface area (Å²) in [5.41, 5.74) is -0.281. The van der Waals surface area contributed by atoms with E-state index in [1.165, 1.54) is 0 Å². The molecule has 20 heavy (non-hydrogen) atoms. The molecule has 1 amide bonds. The molecule has 1 aromatic heterocycles. The molecular weight excluding hydrogens is 260 g/mol. The predicted octanol–water partition coefficient (Wildman–Crippen LogP) is 1.06. The van der Waals surface area contributed by atoms with Gasteiger partial charge in [0, 0.05) is 12.5 Å². The van der Waals surface area contributed by atoms with Gasteiger partial charge in [-0.2, -0.15) is 0 Å². The number of carbonyl (C=O) groups excluding carboxylic acids is 1. The van der Waals surface area contributed by atoms with Gasteiger partial charge in [-0.3, -0.25) is 14.7 Å². The van der Waals surface area contributed by atoms with Crippen LogP contribution in [0.25, 0.3) is 0 Å². The van der Waals surface area contributed by atoms with Crippen molar-refractivity contribution in [3.63, 3.8) is 0 Å². The molecule has 0 unspecified atom stereocenters. The highest BCUT2D eigenvalue weighted by molar-refractivity contribution is 5.90. The molecule has 3 N–H and O–H groups in total. The number of aromatic amines is 1. The van der Waals surface area contributed by atoms with Gasteiger partial charge in [-0.15, -0.1) is 5.10 Å². The Labute approximate surface area is 116 Å². The summed E-state index contributed by atoms with van der Waals surface area (Å²) >= 11 is 0. The fraction of sp³-hybridized carbons (Fsp3) is 0.692. The number of carboxylic acid groups (broad SMARTS) is 1. The Balaban J connectivity index is 1.56. The van der Waals surface area contributed by atoms with Gasteiger partial charge in [0.05, 0.1) is 6.42 Å². The average Bonchev–Trinajstić information content (AvgIpc) is 3.09. The Morgan fingerprint density at radius 2 is 2.15 bits per heavy atom. The molecule has 7 nitrogen and oxygen atoms in total. The third-order valence-electron chi connectivity index (χ3n) is 4.23. The van der Waals surface area contributed by atoms with Gasteiger partial charge < -0.3 is 10.4 Å². The maximum atomic E-state index is 12.0. The standard InChI is InChI=1S/C13H18N4O3/c18-9(19)6-13(4-1-5-13)7-14-12(20)11-15-10(16-17-11)8-2-3-8/h8H,1-7H2,(H,14,20)(H,18,19)(H,15,16,17). The molecular formula is C13H18N4O3. The quantitative estimate of drug-likeness (QED) is 0.721. The number of carbonyl (C=O) groups is 2. The maximum Gasteiger partial charge on any atom is 0.303 e. The summed E-state index contributed by atoms with van der Waals surface area (Å²) in [7, 11) is 0. The number of carboxylic acids is 1. The molecule has 0 saturated heterocycles. The highest BCUT2D eigenvalue weighted by Gasteiger charge is 2.39. The molecule has 0 atom stereocenters. The number of hydrogen-bond donors (Lipinski definition) is 3. The summed E-state index contributed by atoms with van der Waals surface area (Å²) in [6.45, 7) is 0.380. The normalized spacial score (nSPS) is 20.2. The smallest absolute Gasteiger partial charge is 0.303 e. The van der Waals surface area contributed by atoms with E-state index in [1.54, 1.807) is 0 Å². The number of aromatic nitrogens is 3. The molecule has 2 aliphatic carbocycles. The Morgan fingerprint density at radius 3 is 2.70 bits per heavy atom. The van der Waals surface area contributed by atoms with E-state index < -0.39 is 5.97 Å². The van der Waals surface area contributed by atoms with Gasteiger partial charge in [0.1, 0.15) is 5.82 Å². The molecule has 2 aliphatic rings. The Hall–Kier alpha value is -1.92. The molecule has 1 heterocycles. The first-order valence-corrected chi connectivity index (χ1v) is 7.00. The van der Waals surface area contributed by atoms with Crippen LogP contribution in [0.3, 0.4) is 0 Å². The van der Waals surface area contributed by atoms with Crippen molar-refractivity contribution < 1.29 is 14.7 Å². The molecule has 2 saturated carbocycles. The Bertz CT molecular complexity index is 531. The van der Waals surface area contributed by atoms with Crippen molar-refractivity contribution >= 4 is 11.9 Å². The largest absolute Gasteiger partial charge is 0.481 e. The number of amides is 1. The van der Waals surface area contributed by atoms with E-state index in [4.69, 9.17) is 5.11 Å². The van der Waals surface area contributed by atoms with Crippen LogP contribution in [-0.2, 0) is 4.79 Å². The predicted molar refractivity (Wildman–Crippen MR) is 69.2 cm³/mol. The van der Waals surface area contributed by atoms with Crippen molar-refractivity contribution in [3.8, 4) is 0 Å². The third-order valence-corrected chi connectivity index (χ3v) is 4.23. The van der Waals surface area contributed by atoms with Gasteiger partial charge in [0.2, 0.25) is 5.82 Å². The fourth-order valence-corrected chi connectivity index (χ4v) is 2.68. The summed E-state index contributed by atoms with van der Waals surface area (Å²) in [4.78, 5) is 27.0. The van der Waals surface area contributed by atoms with Crippen LogP contribution < -0.4 is 5.32 Å². The van der Waals surface area contributed by atoms with E-state index in [9.17, 15) is 9.59 Å². The van der Waals surface area contributed by atoms with Crippen LogP contribution in [0.1, 0.15) is 60.9 Å². The molecule has 2 fully saturated rings. The molecule has 0 aromatic carbocycles. The monoisotopic (exact) mass is 278 g/mol. The van der Waals surface area contributed by atoms with Crippen LogP contribution in [-0.4, -0.2) is 38.7 Å². The van der Waals surface area contributed by atoms with E-state index in [0.717, 1.165) is 37.9 Å². The van der Waals surface area contributed by atoms with E-state index in [2.05, 4.69) is 20.5 Å². The summed E-state index contributed by atoms with van der Waals surface area (Å²) in [5, 5.41) is 18.4. The maximum absolute atomic E-state index is 12.0. The molecule has 1 aromatic rings. The van der Waals surface area contributed by atoms with Crippen LogP contribution in [0.5, 0.6) is 0 Å². The topological polar surface area (TPSA) is 108 Å². The average molecular weight is 278 g/mol. The molecule has 0 aliphatic heterocycles. The number of aliphatic carboxylic acids is 1. The van der Waals surface area contributed by atoms with Crippen molar-refractivity contribution in [2.24, 2.45) is 5.41 Å². The van der Waals surface area contributed by atoms with Gasteiger partial charge in [-0.25, -0.2) is 4.98 Å². The number of hydrogen-bond acceptors (Lipinski definition) is 4. The van der Waals surface area contributed by atoms with Crippen LogP contribution in [0.2, 0.25) is 0 Å². The molecule has 108 valence electrons. The van der Waals surface area contributed by atoms with Crippen LogP contribution in [0.15, 0.2) is 0 Å².